The highest BCUT2D eigenvalue weighted by molar-refractivity contribution is 5.22. The maximum atomic E-state index is 3.82. The van der Waals surface area contributed by atoms with Crippen LogP contribution in [0.1, 0.15) is 6.92 Å². The number of rotatable bonds is 5. The molecule has 1 aliphatic rings. The largest absolute Gasteiger partial charge is 0.301 e. The summed E-state index contributed by atoms with van der Waals surface area (Å²) in [6.45, 7) is 16.6. The molecule has 0 aliphatic carbocycles. The number of likely N-dealkylation sites (N-methyl/N-ethyl adjacent to an activating group) is 1. The second kappa shape index (κ2) is 6.59. The molecule has 0 N–H and O–H groups in total. The van der Waals surface area contributed by atoms with E-state index in [2.05, 4.69) is 29.9 Å². The zero-order chi connectivity index (χ0) is 11.1. The normalized spacial score (nSPS) is 20.2. The summed E-state index contributed by atoms with van der Waals surface area (Å²) in [7, 11) is 0. The van der Waals surface area contributed by atoms with Gasteiger partial charge in [0.05, 0.1) is 0 Å². The van der Waals surface area contributed by atoms with Crippen LogP contribution >= 0.6 is 0 Å². The quantitative estimate of drug-likeness (QED) is 0.634. The SMILES string of the molecule is C=C/C=C(\C=C)CN1CCN(CC)CC1. The van der Waals surface area contributed by atoms with Gasteiger partial charge in [-0.15, -0.1) is 0 Å². The van der Waals surface area contributed by atoms with Crippen LogP contribution in [0.5, 0.6) is 0 Å². The minimum Gasteiger partial charge on any atom is -0.301 e. The van der Waals surface area contributed by atoms with Crippen LogP contribution < -0.4 is 0 Å². The van der Waals surface area contributed by atoms with E-state index in [0.717, 1.165) is 19.6 Å². The van der Waals surface area contributed by atoms with Crippen LogP contribution in [0.2, 0.25) is 0 Å². The molecule has 1 heterocycles. The highest BCUT2D eigenvalue weighted by Crippen LogP contribution is 2.05. The minimum atomic E-state index is 1.01. The van der Waals surface area contributed by atoms with E-state index < -0.39 is 0 Å². The molecule has 15 heavy (non-hydrogen) atoms. The highest BCUT2D eigenvalue weighted by Gasteiger charge is 2.15. The Labute approximate surface area is 93.6 Å². The molecule has 0 saturated carbocycles. The molecule has 1 fully saturated rings. The van der Waals surface area contributed by atoms with Gasteiger partial charge < -0.3 is 4.90 Å². The van der Waals surface area contributed by atoms with Crippen molar-refractivity contribution in [3.8, 4) is 0 Å². The van der Waals surface area contributed by atoms with E-state index in [1.807, 2.05) is 18.2 Å². The first-order valence-electron chi connectivity index (χ1n) is 5.69. The van der Waals surface area contributed by atoms with Crippen LogP contribution in [0.4, 0.5) is 0 Å². The van der Waals surface area contributed by atoms with Crippen molar-refractivity contribution in [2.45, 2.75) is 6.92 Å². The van der Waals surface area contributed by atoms with Crippen molar-refractivity contribution >= 4 is 0 Å². The van der Waals surface area contributed by atoms with E-state index in [1.165, 1.54) is 25.2 Å². The second-order valence-corrected chi connectivity index (χ2v) is 3.89. The smallest absolute Gasteiger partial charge is 0.0234 e. The third-order valence-electron chi connectivity index (χ3n) is 2.91. The summed E-state index contributed by atoms with van der Waals surface area (Å²) >= 11 is 0. The average Bonchev–Trinajstić information content (AvgIpc) is 2.29. The summed E-state index contributed by atoms with van der Waals surface area (Å²) < 4.78 is 0. The maximum absolute atomic E-state index is 3.82. The van der Waals surface area contributed by atoms with Gasteiger partial charge in [0.1, 0.15) is 0 Å². The van der Waals surface area contributed by atoms with Crippen LogP contribution in [-0.2, 0) is 0 Å². The summed E-state index contributed by atoms with van der Waals surface area (Å²) in [6.07, 6.45) is 5.80. The van der Waals surface area contributed by atoms with Gasteiger partial charge in [-0.3, -0.25) is 4.90 Å². The molecule has 1 saturated heterocycles. The van der Waals surface area contributed by atoms with Gasteiger partial charge in [-0.2, -0.15) is 0 Å². The fraction of sp³-hybridized carbons (Fsp3) is 0.538. The summed E-state index contributed by atoms with van der Waals surface area (Å²) in [6, 6.07) is 0. The topological polar surface area (TPSA) is 6.48 Å². The van der Waals surface area contributed by atoms with E-state index >= 15 is 0 Å². The van der Waals surface area contributed by atoms with Crippen molar-refractivity contribution < 1.29 is 0 Å². The molecular weight excluding hydrogens is 184 g/mol. The zero-order valence-electron chi connectivity index (χ0n) is 9.78. The zero-order valence-corrected chi connectivity index (χ0v) is 9.78. The van der Waals surface area contributed by atoms with Crippen LogP contribution in [0, 0.1) is 0 Å². The second-order valence-electron chi connectivity index (χ2n) is 3.89. The molecular formula is C13H22N2. The van der Waals surface area contributed by atoms with Crippen molar-refractivity contribution in [2.75, 3.05) is 39.3 Å². The molecule has 0 aromatic rings. The molecule has 0 bridgehead atoms. The Hall–Kier alpha value is -0.860. The van der Waals surface area contributed by atoms with E-state index in [4.69, 9.17) is 0 Å². The van der Waals surface area contributed by atoms with Gasteiger partial charge in [0.25, 0.3) is 0 Å². The molecule has 0 aromatic carbocycles. The van der Waals surface area contributed by atoms with Crippen LogP contribution in [0.3, 0.4) is 0 Å². The van der Waals surface area contributed by atoms with Crippen molar-refractivity contribution in [2.24, 2.45) is 0 Å². The fourth-order valence-corrected chi connectivity index (χ4v) is 1.86. The Bertz CT molecular complexity index is 235. The molecule has 2 nitrogen and oxygen atoms in total. The number of piperazine rings is 1. The Morgan fingerprint density at radius 3 is 2.20 bits per heavy atom. The third-order valence-corrected chi connectivity index (χ3v) is 2.91. The maximum Gasteiger partial charge on any atom is 0.0234 e. The lowest BCUT2D eigenvalue weighted by Crippen LogP contribution is -2.46. The number of nitrogens with zero attached hydrogens (tertiary/aromatic N) is 2. The lowest BCUT2D eigenvalue weighted by Gasteiger charge is -2.34. The number of hydrogen-bond donors (Lipinski definition) is 0. The first kappa shape index (κ1) is 12.2. The number of hydrogen-bond acceptors (Lipinski definition) is 2. The van der Waals surface area contributed by atoms with E-state index in [0.29, 0.717) is 0 Å². The first-order valence-corrected chi connectivity index (χ1v) is 5.69. The predicted octanol–water partition coefficient (Wildman–Crippen LogP) is 1.92. The molecule has 84 valence electrons. The molecule has 2 heteroatoms. The molecule has 0 spiro atoms. The third kappa shape index (κ3) is 4.02. The summed E-state index contributed by atoms with van der Waals surface area (Å²) in [5, 5.41) is 0. The van der Waals surface area contributed by atoms with Crippen LogP contribution in [0.15, 0.2) is 37.0 Å². The summed E-state index contributed by atoms with van der Waals surface area (Å²) in [5.74, 6) is 0. The lowest BCUT2D eigenvalue weighted by molar-refractivity contribution is 0.146. The average molecular weight is 206 g/mol. The van der Waals surface area contributed by atoms with Gasteiger partial charge in [-0.1, -0.05) is 38.3 Å². The van der Waals surface area contributed by atoms with Crippen molar-refractivity contribution in [1.82, 2.24) is 9.80 Å². The Kier molecular flexibility index (Phi) is 5.37. The minimum absolute atomic E-state index is 1.01. The Morgan fingerprint density at radius 2 is 1.73 bits per heavy atom. The molecule has 0 atom stereocenters. The van der Waals surface area contributed by atoms with Crippen molar-refractivity contribution in [1.29, 1.82) is 0 Å². The fourth-order valence-electron chi connectivity index (χ4n) is 1.86. The van der Waals surface area contributed by atoms with Gasteiger partial charge >= 0.3 is 0 Å². The summed E-state index contributed by atoms with van der Waals surface area (Å²) in [5.41, 5.74) is 1.26. The van der Waals surface area contributed by atoms with Gasteiger partial charge in [0, 0.05) is 32.7 Å². The molecule has 0 radical (unpaired) electrons. The predicted molar refractivity (Wildman–Crippen MR) is 67.0 cm³/mol. The Balaban J connectivity index is 2.37. The van der Waals surface area contributed by atoms with Gasteiger partial charge in [-0.05, 0) is 12.1 Å². The highest BCUT2D eigenvalue weighted by atomic mass is 15.3. The monoisotopic (exact) mass is 206 g/mol. The van der Waals surface area contributed by atoms with Crippen LogP contribution in [-0.4, -0.2) is 49.1 Å². The van der Waals surface area contributed by atoms with E-state index in [-0.39, 0.29) is 0 Å². The molecule has 1 rings (SSSR count). The van der Waals surface area contributed by atoms with E-state index in [1.54, 1.807) is 0 Å². The van der Waals surface area contributed by atoms with Gasteiger partial charge in [-0.25, -0.2) is 0 Å². The number of allylic oxidation sites excluding steroid dienone is 2. The first-order chi connectivity index (χ1) is 7.30. The molecule has 0 amide bonds. The van der Waals surface area contributed by atoms with Crippen LogP contribution in [0.25, 0.3) is 0 Å². The molecule has 0 aromatic heterocycles. The van der Waals surface area contributed by atoms with Crippen molar-refractivity contribution in [3.63, 3.8) is 0 Å². The standard InChI is InChI=1S/C13H22N2/c1-4-7-13(5-2)12-15-10-8-14(6-3)9-11-15/h4-5,7H,1-2,6,8-12H2,3H3/b13-7+. The van der Waals surface area contributed by atoms with E-state index in [9.17, 15) is 0 Å². The lowest BCUT2D eigenvalue weighted by atomic mass is 10.2. The Morgan fingerprint density at radius 1 is 1.13 bits per heavy atom. The summed E-state index contributed by atoms with van der Waals surface area (Å²) in [4.78, 5) is 4.96. The molecule has 1 aliphatic heterocycles. The van der Waals surface area contributed by atoms with Gasteiger partial charge in [0.15, 0.2) is 0 Å². The van der Waals surface area contributed by atoms with Crippen molar-refractivity contribution in [3.05, 3.63) is 37.0 Å². The molecule has 0 unspecified atom stereocenters. The van der Waals surface area contributed by atoms with Gasteiger partial charge in [0.2, 0.25) is 0 Å².